The summed E-state index contributed by atoms with van der Waals surface area (Å²) in [4.78, 5) is 33.2. The molecule has 0 saturated heterocycles. The normalized spacial score (nSPS) is 11.7. The van der Waals surface area contributed by atoms with Crippen LogP contribution in [0.2, 0.25) is 0 Å². The van der Waals surface area contributed by atoms with Gasteiger partial charge in [0, 0.05) is 0 Å². The van der Waals surface area contributed by atoms with Gasteiger partial charge in [-0.05, 0) is 25.0 Å². The molecule has 0 radical (unpaired) electrons. The number of aryl methyl sites for hydroxylation is 2. The van der Waals surface area contributed by atoms with E-state index in [9.17, 15) is 14.4 Å². The minimum absolute atomic E-state index is 0.0247. The molecule has 0 heterocycles. The van der Waals surface area contributed by atoms with Crippen LogP contribution < -0.4 is 5.32 Å². The molecule has 6 nitrogen and oxygen atoms in total. The molecule has 0 bridgehead atoms. The van der Waals surface area contributed by atoms with Crippen molar-refractivity contribution in [3.63, 3.8) is 0 Å². The lowest BCUT2D eigenvalue weighted by molar-refractivity contribution is -0.147. The number of hydrogen-bond donors (Lipinski definition) is 3. The lowest BCUT2D eigenvalue weighted by Crippen LogP contribution is -2.42. The molecule has 1 rings (SSSR count). The van der Waals surface area contributed by atoms with Crippen molar-refractivity contribution in [2.24, 2.45) is 0 Å². The van der Waals surface area contributed by atoms with Gasteiger partial charge >= 0.3 is 11.9 Å². The Morgan fingerprint density at radius 2 is 1.85 bits per heavy atom. The number of aliphatic carboxylic acids is 2. The van der Waals surface area contributed by atoms with Crippen molar-refractivity contribution in [3.8, 4) is 0 Å². The van der Waals surface area contributed by atoms with Gasteiger partial charge in [0.05, 0.1) is 12.8 Å². The van der Waals surface area contributed by atoms with Crippen molar-refractivity contribution in [3.05, 3.63) is 34.9 Å². The first-order valence-electron chi connectivity index (χ1n) is 6.09. The molecule has 1 aromatic rings. The topological polar surface area (TPSA) is 104 Å². The number of carbonyl (C=O) groups is 3. The second-order valence-corrected chi connectivity index (χ2v) is 4.66. The summed E-state index contributed by atoms with van der Waals surface area (Å²) in [7, 11) is 0. The molecule has 1 aromatic carbocycles. The number of carboxylic acid groups (broad SMARTS) is 2. The Bertz CT molecular complexity index is 538. The lowest BCUT2D eigenvalue weighted by Gasteiger charge is -2.13. The van der Waals surface area contributed by atoms with E-state index in [2.05, 4.69) is 5.32 Å². The Morgan fingerprint density at radius 3 is 2.40 bits per heavy atom. The van der Waals surface area contributed by atoms with Crippen molar-refractivity contribution in [2.75, 3.05) is 0 Å². The summed E-state index contributed by atoms with van der Waals surface area (Å²) < 4.78 is 0. The number of carbonyl (C=O) groups excluding carboxylic acids is 1. The molecule has 1 atom stereocenters. The molecule has 0 aromatic heterocycles. The highest BCUT2D eigenvalue weighted by Crippen LogP contribution is 2.11. The molecule has 108 valence electrons. The van der Waals surface area contributed by atoms with Crippen LogP contribution in [0.4, 0.5) is 0 Å². The van der Waals surface area contributed by atoms with Gasteiger partial charge < -0.3 is 15.5 Å². The van der Waals surface area contributed by atoms with E-state index in [1.807, 2.05) is 32.0 Å². The fourth-order valence-electron chi connectivity index (χ4n) is 1.78. The van der Waals surface area contributed by atoms with E-state index >= 15 is 0 Å². The molecule has 0 aliphatic carbocycles. The van der Waals surface area contributed by atoms with Crippen LogP contribution in [-0.4, -0.2) is 34.1 Å². The molecule has 6 heteroatoms. The van der Waals surface area contributed by atoms with Gasteiger partial charge in [-0.2, -0.15) is 0 Å². The van der Waals surface area contributed by atoms with Crippen molar-refractivity contribution in [1.82, 2.24) is 5.32 Å². The maximum Gasteiger partial charge on any atom is 0.326 e. The quantitative estimate of drug-likeness (QED) is 0.717. The van der Waals surface area contributed by atoms with Crippen molar-refractivity contribution >= 4 is 17.8 Å². The number of benzene rings is 1. The van der Waals surface area contributed by atoms with Crippen LogP contribution in [0, 0.1) is 13.8 Å². The highest BCUT2D eigenvalue weighted by Gasteiger charge is 2.23. The Hall–Kier alpha value is -2.37. The molecule has 3 N–H and O–H groups in total. The minimum atomic E-state index is -1.41. The molecule has 0 aliphatic heterocycles. The van der Waals surface area contributed by atoms with Gasteiger partial charge in [0.25, 0.3) is 0 Å². The first kappa shape index (κ1) is 15.7. The summed E-state index contributed by atoms with van der Waals surface area (Å²) in [6.45, 7) is 3.75. The maximum atomic E-state index is 11.8. The maximum absolute atomic E-state index is 11.8. The van der Waals surface area contributed by atoms with Crippen molar-refractivity contribution < 1.29 is 24.6 Å². The smallest absolute Gasteiger partial charge is 0.326 e. The second-order valence-electron chi connectivity index (χ2n) is 4.66. The first-order valence-corrected chi connectivity index (χ1v) is 6.09. The van der Waals surface area contributed by atoms with Gasteiger partial charge in [0.1, 0.15) is 6.04 Å². The van der Waals surface area contributed by atoms with Crippen LogP contribution in [0.1, 0.15) is 23.1 Å². The van der Waals surface area contributed by atoms with Crippen LogP contribution in [0.3, 0.4) is 0 Å². The third kappa shape index (κ3) is 4.72. The van der Waals surface area contributed by atoms with E-state index in [1.54, 1.807) is 0 Å². The van der Waals surface area contributed by atoms with Gasteiger partial charge in [-0.1, -0.05) is 23.8 Å². The van der Waals surface area contributed by atoms with Gasteiger partial charge in [-0.3, -0.25) is 9.59 Å². The summed E-state index contributed by atoms with van der Waals surface area (Å²) in [5.41, 5.74) is 2.72. The van der Waals surface area contributed by atoms with Gasteiger partial charge in [-0.25, -0.2) is 4.79 Å². The summed E-state index contributed by atoms with van der Waals surface area (Å²) in [5.74, 6) is -3.14. The number of nitrogens with one attached hydrogen (secondary N) is 1. The Balaban J connectivity index is 2.72. The molecule has 0 saturated carbocycles. The molecule has 20 heavy (non-hydrogen) atoms. The van der Waals surface area contributed by atoms with Crippen LogP contribution in [0.5, 0.6) is 0 Å². The Morgan fingerprint density at radius 1 is 1.20 bits per heavy atom. The number of carboxylic acids is 2. The van der Waals surface area contributed by atoms with Crippen LogP contribution in [0.15, 0.2) is 18.2 Å². The number of rotatable bonds is 6. The summed E-state index contributed by atoms with van der Waals surface area (Å²) >= 11 is 0. The molecule has 0 fully saturated rings. The van der Waals surface area contributed by atoms with Crippen molar-refractivity contribution in [2.45, 2.75) is 32.7 Å². The number of amides is 1. The zero-order valence-corrected chi connectivity index (χ0v) is 11.3. The molecular formula is C14H17NO5. The molecule has 0 unspecified atom stereocenters. The van der Waals surface area contributed by atoms with E-state index in [-0.39, 0.29) is 6.42 Å². The van der Waals surface area contributed by atoms with Crippen LogP contribution >= 0.6 is 0 Å². The van der Waals surface area contributed by atoms with E-state index in [0.717, 1.165) is 16.7 Å². The van der Waals surface area contributed by atoms with E-state index < -0.39 is 30.3 Å². The van der Waals surface area contributed by atoms with Crippen LogP contribution in [-0.2, 0) is 20.8 Å². The third-order valence-electron chi connectivity index (χ3n) is 2.87. The van der Waals surface area contributed by atoms with Gasteiger partial charge in [-0.15, -0.1) is 0 Å². The van der Waals surface area contributed by atoms with E-state index in [4.69, 9.17) is 10.2 Å². The Kier molecular flexibility index (Phi) is 5.25. The predicted molar refractivity (Wildman–Crippen MR) is 71.4 cm³/mol. The zero-order valence-electron chi connectivity index (χ0n) is 11.3. The van der Waals surface area contributed by atoms with E-state index in [1.165, 1.54) is 0 Å². The first-order chi connectivity index (χ1) is 9.29. The summed E-state index contributed by atoms with van der Waals surface area (Å²) in [6.07, 6.45) is -0.620. The van der Waals surface area contributed by atoms with Gasteiger partial charge in [0.15, 0.2) is 0 Å². The predicted octanol–water partition coefficient (Wildman–Crippen LogP) is 0.890. The average Bonchev–Trinajstić information content (AvgIpc) is 2.32. The highest BCUT2D eigenvalue weighted by molar-refractivity contribution is 5.87. The molecular weight excluding hydrogens is 262 g/mol. The van der Waals surface area contributed by atoms with Gasteiger partial charge in [0.2, 0.25) is 5.91 Å². The fourth-order valence-corrected chi connectivity index (χ4v) is 1.78. The highest BCUT2D eigenvalue weighted by atomic mass is 16.4. The zero-order chi connectivity index (χ0) is 15.3. The third-order valence-corrected chi connectivity index (χ3v) is 2.87. The standard InChI is InChI=1S/C14H17NO5/c1-8-3-4-9(2)10(5-8)6-12(16)15-11(14(19)20)7-13(17)18/h3-5,11H,6-7H2,1-2H3,(H,15,16)(H,17,18)(H,19,20)/t11-/m0/s1. The summed E-state index contributed by atoms with van der Waals surface area (Å²) in [5, 5.41) is 19.7. The largest absolute Gasteiger partial charge is 0.481 e. The number of hydrogen-bond acceptors (Lipinski definition) is 3. The fraction of sp³-hybridized carbons (Fsp3) is 0.357. The molecule has 1 amide bonds. The SMILES string of the molecule is Cc1ccc(C)c(CC(=O)N[C@@H](CC(=O)O)C(=O)O)c1. The molecule has 0 spiro atoms. The monoisotopic (exact) mass is 279 g/mol. The van der Waals surface area contributed by atoms with E-state index in [0.29, 0.717) is 0 Å². The molecule has 0 aliphatic rings. The van der Waals surface area contributed by atoms with Crippen LogP contribution in [0.25, 0.3) is 0 Å². The summed E-state index contributed by atoms with van der Waals surface area (Å²) in [6, 6.07) is 4.23. The van der Waals surface area contributed by atoms with Crippen molar-refractivity contribution in [1.29, 1.82) is 0 Å². The second kappa shape index (κ2) is 6.70. The lowest BCUT2D eigenvalue weighted by atomic mass is 10.0. The minimum Gasteiger partial charge on any atom is -0.481 e. The Labute approximate surface area is 116 Å². The average molecular weight is 279 g/mol.